The van der Waals surface area contributed by atoms with Crippen LogP contribution in [0.4, 0.5) is 0 Å². The Morgan fingerprint density at radius 1 is 0.895 bits per heavy atom. The largest absolute Gasteiger partial charge is 0.145 e. The molecule has 2 heteroatoms. The number of hydrogen-bond acceptors (Lipinski definition) is 1. The molecule has 0 atom stereocenters. The van der Waals surface area contributed by atoms with Crippen LogP contribution in [0, 0.1) is 6.92 Å². The fraction of sp³-hybridized carbons (Fsp3) is 0.176. The Morgan fingerprint density at radius 2 is 1.58 bits per heavy atom. The highest BCUT2D eigenvalue weighted by Gasteiger charge is 2.29. The van der Waals surface area contributed by atoms with Crippen LogP contribution in [-0.2, 0) is 0 Å². The molecule has 0 saturated carbocycles. The first-order valence-electron chi connectivity index (χ1n) is 6.64. The van der Waals surface area contributed by atoms with Crippen LogP contribution in [0.2, 0.25) is 13.1 Å². The van der Waals surface area contributed by atoms with E-state index in [0.29, 0.717) is 0 Å². The van der Waals surface area contributed by atoms with E-state index in [4.69, 9.17) is 0 Å². The molecule has 0 aliphatic rings. The van der Waals surface area contributed by atoms with Crippen molar-refractivity contribution in [3.63, 3.8) is 0 Å². The zero-order valence-corrected chi connectivity index (χ0v) is 13.4. The minimum Gasteiger partial charge on any atom is -0.145 e. The average molecular weight is 282 g/mol. The molecule has 0 fully saturated rings. The van der Waals surface area contributed by atoms with Crippen LogP contribution in [0.1, 0.15) is 5.56 Å². The maximum Gasteiger partial charge on any atom is 0.125 e. The third-order valence-corrected chi connectivity index (χ3v) is 9.91. The van der Waals surface area contributed by atoms with Gasteiger partial charge in [-0.25, -0.2) is 0 Å². The summed E-state index contributed by atoms with van der Waals surface area (Å²) in [7, 11) is -1.56. The maximum atomic E-state index is 2.46. The van der Waals surface area contributed by atoms with Gasteiger partial charge in [-0.3, -0.25) is 0 Å². The molecule has 0 aliphatic carbocycles. The number of fused-ring (bicyclic) bond motifs is 1. The van der Waals surface area contributed by atoms with E-state index >= 15 is 0 Å². The molecule has 0 aliphatic heterocycles. The van der Waals surface area contributed by atoms with Crippen LogP contribution in [0.15, 0.2) is 54.6 Å². The number of benzene rings is 2. The molecule has 19 heavy (non-hydrogen) atoms. The second-order valence-electron chi connectivity index (χ2n) is 5.59. The van der Waals surface area contributed by atoms with Crippen molar-refractivity contribution < 1.29 is 0 Å². The van der Waals surface area contributed by atoms with E-state index in [1.807, 2.05) is 11.3 Å². The van der Waals surface area contributed by atoms with Crippen LogP contribution >= 0.6 is 11.3 Å². The maximum absolute atomic E-state index is 2.46. The standard InChI is InChI=1S/C17H18SSi/c1-13-8-4-7-11-16(13)19(2,3)17-12-14-9-5-6-10-15(14)18-17/h4-12H,1-3H3. The summed E-state index contributed by atoms with van der Waals surface area (Å²) in [5.74, 6) is 0. The molecule has 1 heterocycles. The van der Waals surface area contributed by atoms with Crippen molar-refractivity contribution in [3.05, 3.63) is 60.2 Å². The van der Waals surface area contributed by atoms with Gasteiger partial charge in [0.05, 0.1) is 0 Å². The van der Waals surface area contributed by atoms with Gasteiger partial charge in [-0.15, -0.1) is 11.3 Å². The van der Waals surface area contributed by atoms with Gasteiger partial charge in [0.25, 0.3) is 0 Å². The van der Waals surface area contributed by atoms with E-state index in [0.717, 1.165) is 0 Å². The average Bonchev–Trinajstić information content (AvgIpc) is 2.83. The summed E-state index contributed by atoms with van der Waals surface area (Å²) in [6.07, 6.45) is 0. The van der Waals surface area contributed by atoms with Gasteiger partial charge in [0.2, 0.25) is 0 Å². The minimum absolute atomic E-state index is 1.39. The van der Waals surface area contributed by atoms with Gasteiger partial charge in [0.15, 0.2) is 0 Å². The molecule has 2 aromatic carbocycles. The van der Waals surface area contributed by atoms with Crippen molar-refractivity contribution in [2.45, 2.75) is 20.0 Å². The van der Waals surface area contributed by atoms with Gasteiger partial charge in [0, 0.05) is 4.70 Å². The fourth-order valence-electron chi connectivity index (χ4n) is 2.70. The summed E-state index contributed by atoms with van der Waals surface area (Å²) in [5, 5.41) is 2.94. The van der Waals surface area contributed by atoms with Crippen LogP contribution in [0.25, 0.3) is 10.1 Å². The third-order valence-electron chi connectivity index (χ3n) is 3.86. The lowest BCUT2D eigenvalue weighted by molar-refractivity contribution is 1.50. The van der Waals surface area contributed by atoms with Gasteiger partial charge in [0.1, 0.15) is 8.07 Å². The molecule has 0 spiro atoms. The first-order valence-corrected chi connectivity index (χ1v) is 10.5. The Morgan fingerprint density at radius 3 is 2.32 bits per heavy atom. The Balaban J connectivity index is 2.16. The van der Waals surface area contributed by atoms with E-state index < -0.39 is 8.07 Å². The predicted octanol–water partition coefficient (Wildman–Crippen LogP) is 4.03. The lowest BCUT2D eigenvalue weighted by Crippen LogP contribution is -2.52. The third kappa shape index (κ3) is 2.15. The van der Waals surface area contributed by atoms with Crippen LogP contribution in [-0.4, -0.2) is 8.07 Å². The zero-order valence-electron chi connectivity index (χ0n) is 11.6. The van der Waals surface area contributed by atoms with Crippen molar-refractivity contribution in [3.8, 4) is 0 Å². The summed E-state index contributed by atoms with van der Waals surface area (Å²) in [6.45, 7) is 7.15. The molecule has 0 radical (unpaired) electrons. The van der Waals surface area contributed by atoms with Crippen molar-refractivity contribution in [2.24, 2.45) is 0 Å². The highest BCUT2D eigenvalue weighted by Crippen LogP contribution is 2.22. The van der Waals surface area contributed by atoms with E-state index in [-0.39, 0.29) is 0 Å². The molecule has 3 rings (SSSR count). The Bertz CT molecular complexity index is 692. The monoisotopic (exact) mass is 282 g/mol. The second-order valence-corrected chi connectivity index (χ2v) is 11.4. The summed E-state index contributed by atoms with van der Waals surface area (Å²) < 4.78 is 2.98. The Labute approximate surface area is 119 Å². The van der Waals surface area contributed by atoms with Crippen molar-refractivity contribution in [1.29, 1.82) is 0 Å². The normalized spacial score (nSPS) is 11.9. The van der Waals surface area contributed by atoms with Gasteiger partial charge in [-0.05, 0) is 28.9 Å². The minimum atomic E-state index is -1.56. The van der Waals surface area contributed by atoms with Gasteiger partial charge in [-0.2, -0.15) is 0 Å². The lowest BCUT2D eigenvalue weighted by atomic mass is 10.2. The van der Waals surface area contributed by atoms with Crippen LogP contribution in [0.3, 0.4) is 0 Å². The van der Waals surface area contributed by atoms with E-state index in [1.165, 1.54) is 15.6 Å². The molecule has 1 aromatic heterocycles. The van der Waals surface area contributed by atoms with Gasteiger partial charge >= 0.3 is 0 Å². The first kappa shape index (κ1) is 12.6. The molecule has 0 saturated heterocycles. The van der Waals surface area contributed by atoms with Crippen molar-refractivity contribution in [1.82, 2.24) is 0 Å². The van der Waals surface area contributed by atoms with E-state index in [1.54, 1.807) is 9.69 Å². The summed E-state index contributed by atoms with van der Waals surface area (Å²) in [4.78, 5) is 0. The van der Waals surface area contributed by atoms with Crippen LogP contribution < -0.4 is 9.69 Å². The SMILES string of the molecule is Cc1ccccc1[Si](C)(C)c1cc2ccccc2s1. The van der Waals surface area contributed by atoms with Crippen LogP contribution in [0.5, 0.6) is 0 Å². The molecule has 3 aromatic rings. The summed E-state index contributed by atoms with van der Waals surface area (Å²) in [5.41, 5.74) is 1.43. The quantitative estimate of drug-likeness (QED) is 0.623. The molecule has 0 unspecified atom stereocenters. The first-order chi connectivity index (χ1) is 9.09. The van der Waals surface area contributed by atoms with Crippen molar-refractivity contribution >= 4 is 39.2 Å². The molecule has 0 N–H and O–H groups in total. The molecule has 96 valence electrons. The highest BCUT2D eigenvalue weighted by atomic mass is 32.1. The molecule has 0 amide bonds. The summed E-state index contributed by atoms with van der Waals surface area (Å²) in [6, 6.07) is 20.0. The Hall–Kier alpha value is -1.38. The zero-order chi connectivity index (χ0) is 13.5. The van der Waals surface area contributed by atoms with Gasteiger partial charge < -0.3 is 0 Å². The smallest absolute Gasteiger partial charge is 0.125 e. The van der Waals surface area contributed by atoms with E-state index in [9.17, 15) is 0 Å². The fourth-order valence-corrected chi connectivity index (χ4v) is 7.56. The highest BCUT2D eigenvalue weighted by molar-refractivity contribution is 7.33. The number of aryl methyl sites for hydroxylation is 1. The van der Waals surface area contributed by atoms with E-state index in [2.05, 4.69) is 74.6 Å². The lowest BCUT2D eigenvalue weighted by Gasteiger charge is -2.23. The molecular weight excluding hydrogens is 264 g/mol. The summed E-state index contributed by atoms with van der Waals surface area (Å²) >= 11 is 1.97. The molecule has 0 nitrogen and oxygen atoms in total. The number of hydrogen-bond donors (Lipinski definition) is 0. The molecular formula is C17H18SSi. The number of rotatable bonds is 2. The number of thiophene rings is 1. The topological polar surface area (TPSA) is 0 Å². The van der Waals surface area contributed by atoms with Gasteiger partial charge in [-0.1, -0.05) is 66.3 Å². The Kier molecular flexibility index (Phi) is 3.07. The predicted molar refractivity (Wildman–Crippen MR) is 89.8 cm³/mol. The second kappa shape index (κ2) is 4.62. The van der Waals surface area contributed by atoms with Crippen molar-refractivity contribution in [2.75, 3.05) is 0 Å². The molecule has 0 bridgehead atoms.